The van der Waals surface area contributed by atoms with Crippen LogP contribution in [-0.4, -0.2) is 47.4 Å². The van der Waals surface area contributed by atoms with Gasteiger partial charge in [0.1, 0.15) is 6.61 Å². The third-order valence-electron chi connectivity index (χ3n) is 3.98. The second-order valence-electron chi connectivity index (χ2n) is 6.89. The Balaban J connectivity index is 2.46. The summed E-state index contributed by atoms with van der Waals surface area (Å²) in [6.45, 7) is 2.55. The summed E-state index contributed by atoms with van der Waals surface area (Å²) in [5.74, 6) is -1.40. The number of hydrogen-bond acceptors (Lipinski definition) is 7. The first kappa shape index (κ1) is 27.4. The number of hydrogen-bond donors (Lipinski definition) is 0. The van der Waals surface area contributed by atoms with Gasteiger partial charge in [0.15, 0.2) is 5.75 Å². The molecule has 1 aromatic carbocycles. The van der Waals surface area contributed by atoms with Gasteiger partial charge in [0, 0.05) is 11.8 Å². The Hall–Kier alpha value is -1.89. The minimum Gasteiger partial charge on any atom is -0.463 e. The predicted molar refractivity (Wildman–Crippen MR) is 113 cm³/mol. The van der Waals surface area contributed by atoms with Gasteiger partial charge in [0.2, 0.25) is 3.79 Å². The summed E-state index contributed by atoms with van der Waals surface area (Å²) in [4.78, 5) is 25.8. The Morgan fingerprint density at radius 1 is 1.18 bits per heavy atom. The van der Waals surface area contributed by atoms with Crippen LogP contribution in [0.5, 0.6) is 5.75 Å². The van der Waals surface area contributed by atoms with E-state index in [0.29, 0.717) is 0 Å². The summed E-state index contributed by atoms with van der Waals surface area (Å²) in [6.07, 6.45) is 0.210. The summed E-state index contributed by atoms with van der Waals surface area (Å²) >= 11 is 16.7. The number of benzene rings is 1. The van der Waals surface area contributed by atoms with Crippen LogP contribution in [0.25, 0.3) is 6.08 Å². The van der Waals surface area contributed by atoms with E-state index in [1.807, 2.05) is 0 Å². The highest BCUT2D eigenvalue weighted by atomic mass is 35.6. The molecule has 15 heteroatoms. The molecule has 1 aliphatic rings. The normalized spacial score (nSPS) is 16.4. The van der Waals surface area contributed by atoms with E-state index in [2.05, 4.69) is 4.18 Å². The second kappa shape index (κ2) is 10.2. The molecule has 2 rings (SSSR count). The van der Waals surface area contributed by atoms with E-state index in [9.17, 15) is 31.2 Å². The van der Waals surface area contributed by atoms with Gasteiger partial charge in [-0.2, -0.15) is 21.6 Å². The molecule has 184 valence electrons. The van der Waals surface area contributed by atoms with Gasteiger partial charge < -0.3 is 13.7 Å². The van der Waals surface area contributed by atoms with Crippen LogP contribution in [0.4, 0.5) is 18.0 Å². The number of halogens is 6. The first-order valence-electron chi connectivity index (χ1n) is 9.05. The molecule has 0 unspecified atom stereocenters. The van der Waals surface area contributed by atoms with E-state index in [1.54, 1.807) is 13.8 Å². The first-order valence-corrected chi connectivity index (χ1v) is 11.6. The molecule has 0 saturated heterocycles. The third kappa shape index (κ3) is 7.29. The van der Waals surface area contributed by atoms with E-state index in [1.165, 1.54) is 12.1 Å². The average Bonchev–Trinajstić information content (AvgIpc) is 2.64. The number of fused-ring (bicyclic) bond motifs is 1. The van der Waals surface area contributed by atoms with Gasteiger partial charge in [-0.25, -0.2) is 4.79 Å². The molecule has 1 amide bonds. The summed E-state index contributed by atoms with van der Waals surface area (Å²) in [7, 11) is -5.97. The molecule has 0 saturated carbocycles. The topological polar surface area (TPSA) is 99.2 Å². The molecule has 1 heterocycles. The molecule has 0 N–H and O–H groups in total. The van der Waals surface area contributed by atoms with Crippen LogP contribution in [0.1, 0.15) is 37.4 Å². The Morgan fingerprint density at radius 2 is 1.82 bits per heavy atom. The molecule has 1 atom stereocenters. The lowest BCUT2D eigenvalue weighted by atomic mass is 9.93. The van der Waals surface area contributed by atoms with Crippen molar-refractivity contribution in [1.82, 2.24) is 4.90 Å². The molecule has 1 aromatic rings. The maximum Gasteiger partial charge on any atom is 0.534 e. The van der Waals surface area contributed by atoms with Crippen LogP contribution >= 0.6 is 34.8 Å². The number of nitrogens with zero attached hydrogens (tertiary/aromatic N) is 1. The van der Waals surface area contributed by atoms with Crippen molar-refractivity contribution in [1.29, 1.82) is 0 Å². The minimum atomic E-state index is -5.97. The van der Waals surface area contributed by atoms with Gasteiger partial charge >= 0.3 is 27.7 Å². The van der Waals surface area contributed by atoms with Crippen LogP contribution in [-0.2, 0) is 24.4 Å². The monoisotopic (exact) mass is 553 g/mol. The maximum atomic E-state index is 12.8. The Bertz CT molecular complexity index is 1040. The van der Waals surface area contributed by atoms with Gasteiger partial charge in [0.25, 0.3) is 0 Å². The summed E-state index contributed by atoms with van der Waals surface area (Å²) in [5.41, 5.74) is -5.67. The molecule has 0 radical (unpaired) electrons. The van der Waals surface area contributed by atoms with Crippen molar-refractivity contribution < 1.29 is 44.8 Å². The maximum absolute atomic E-state index is 12.8. The molecule has 1 aliphatic heterocycles. The van der Waals surface area contributed by atoms with Crippen molar-refractivity contribution in [3.8, 4) is 5.75 Å². The van der Waals surface area contributed by atoms with Crippen LogP contribution in [0, 0.1) is 0 Å². The highest BCUT2D eigenvalue weighted by Gasteiger charge is 2.49. The summed E-state index contributed by atoms with van der Waals surface area (Å²) < 4.78 is 73.6. The molecule has 0 spiro atoms. The fourth-order valence-corrected chi connectivity index (χ4v) is 3.40. The fourth-order valence-electron chi connectivity index (χ4n) is 2.76. The fraction of sp³-hybridized carbons (Fsp3) is 0.444. The van der Waals surface area contributed by atoms with E-state index in [-0.39, 0.29) is 11.1 Å². The zero-order chi connectivity index (χ0) is 25.2. The van der Waals surface area contributed by atoms with Crippen LogP contribution in [0.15, 0.2) is 24.4 Å². The molecule has 0 fully saturated rings. The minimum absolute atomic E-state index is 0.0962. The number of carbonyl (C=O) groups is 2. The number of ether oxygens (including phenoxy) is 2. The van der Waals surface area contributed by atoms with Crippen molar-refractivity contribution >= 4 is 63.1 Å². The number of rotatable bonds is 6. The van der Waals surface area contributed by atoms with Gasteiger partial charge in [-0.1, -0.05) is 46.9 Å². The van der Waals surface area contributed by atoms with Crippen molar-refractivity contribution in [3.63, 3.8) is 0 Å². The smallest absolute Gasteiger partial charge is 0.463 e. The number of carbonyl (C=O) groups excluding carboxylic acids is 2. The highest BCUT2D eigenvalue weighted by Crippen LogP contribution is 2.40. The van der Waals surface area contributed by atoms with Crippen molar-refractivity contribution in [2.45, 2.75) is 41.7 Å². The molecule has 0 aliphatic carbocycles. The molecule has 33 heavy (non-hydrogen) atoms. The predicted octanol–water partition coefficient (Wildman–Crippen LogP) is 5.09. The highest BCUT2D eigenvalue weighted by molar-refractivity contribution is 7.88. The van der Waals surface area contributed by atoms with Crippen LogP contribution < -0.4 is 4.18 Å². The van der Waals surface area contributed by atoms with Crippen molar-refractivity contribution in [3.05, 3.63) is 35.5 Å². The Kier molecular flexibility index (Phi) is 8.42. The average molecular weight is 555 g/mol. The zero-order valence-corrected chi connectivity index (χ0v) is 20.0. The summed E-state index contributed by atoms with van der Waals surface area (Å²) in [6, 6.07) is 2.41. The van der Waals surface area contributed by atoms with Gasteiger partial charge in [-0.3, -0.25) is 9.69 Å². The zero-order valence-electron chi connectivity index (χ0n) is 16.9. The van der Waals surface area contributed by atoms with Crippen molar-refractivity contribution in [2.75, 3.05) is 6.61 Å². The molecule has 0 bridgehead atoms. The standard InChI is InChI=1S/C18H17Cl3F3NO7S/c1-10(2)31-15(26)8-13-11-4-3-5-14(32-33(28,29)18(22,23)24)12(11)6-7-25(13)16(27)30-9-17(19,20)21/h3-7,10,13H,8-9H2,1-2H3/t13-/m1/s1. The molecule has 0 aromatic heterocycles. The first-order chi connectivity index (χ1) is 15.0. The second-order valence-corrected chi connectivity index (χ2v) is 10.9. The van der Waals surface area contributed by atoms with Crippen molar-refractivity contribution in [2.24, 2.45) is 0 Å². The number of alkyl halides is 6. The van der Waals surface area contributed by atoms with Crippen LogP contribution in [0.3, 0.4) is 0 Å². The number of esters is 1. The Morgan fingerprint density at radius 3 is 2.36 bits per heavy atom. The quantitative estimate of drug-likeness (QED) is 0.209. The summed E-state index contributed by atoms with van der Waals surface area (Å²) in [5, 5.41) is 0. The van der Waals surface area contributed by atoms with Crippen LogP contribution in [0.2, 0.25) is 0 Å². The molecule has 8 nitrogen and oxygen atoms in total. The van der Waals surface area contributed by atoms with E-state index in [0.717, 1.165) is 23.2 Å². The third-order valence-corrected chi connectivity index (χ3v) is 5.27. The number of amides is 1. The largest absolute Gasteiger partial charge is 0.534 e. The SMILES string of the molecule is CC(C)OC(=O)C[C@@H]1c2cccc(OS(=O)(=O)C(F)(F)F)c2C=CN1C(=O)OCC(Cl)(Cl)Cl. The van der Waals surface area contributed by atoms with E-state index >= 15 is 0 Å². The lowest BCUT2D eigenvalue weighted by Gasteiger charge is -2.33. The van der Waals surface area contributed by atoms with E-state index in [4.69, 9.17) is 44.3 Å². The van der Waals surface area contributed by atoms with E-state index < -0.39 is 62.4 Å². The van der Waals surface area contributed by atoms with Gasteiger partial charge in [0.05, 0.1) is 18.6 Å². The Labute approximate surface area is 202 Å². The molecular formula is C18H17Cl3F3NO7S. The lowest BCUT2D eigenvalue weighted by Crippen LogP contribution is -2.36. The molecular weight excluding hydrogens is 538 g/mol. The van der Waals surface area contributed by atoms with Gasteiger partial charge in [-0.15, -0.1) is 0 Å². The van der Waals surface area contributed by atoms with Gasteiger partial charge in [-0.05, 0) is 31.6 Å². The lowest BCUT2D eigenvalue weighted by molar-refractivity contribution is -0.148.